The van der Waals surface area contributed by atoms with Gasteiger partial charge >= 0.3 is 6.18 Å². The molecule has 0 saturated carbocycles. The molecule has 2 aromatic carbocycles. The Morgan fingerprint density at radius 3 is 1.96 bits per heavy atom. The lowest BCUT2D eigenvalue weighted by Crippen LogP contribution is -2.49. The Bertz CT molecular complexity index is 946. The topological polar surface area (TPSA) is 55.4 Å². The number of ether oxygens (including phenoxy) is 1. The summed E-state index contributed by atoms with van der Waals surface area (Å²) < 4.78 is 72.9. The number of benzene rings is 2. The van der Waals surface area contributed by atoms with Gasteiger partial charge in [0.25, 0.3) is 0 Å². The molecular weight excluding hydrogens is 391 g/mol. The predicted octanol–water partition coefficient (Wildman–Crippen LogP) is 4.52. The second-order valence-corrected chi connectivity index (χ2v) is 8.67. The zero-order chi connectivity index (χ0) is 21.3. The van der Waals surface area contributed by atoms with Crippen molar-refractivity contribution in [2.24, 2.45) is 0 Å². The third-order valence-corrected chi connectivity index (χ3v) is 6.08. The first-order valence-corrected chi connectivity index (χ1v) is 10.2. The van der Waals surface area contributed by atoms with Crippen molar-refractivity contribution in [3.63, 3.8) is 0 Å². The van der Waals surface area contributed by atoms with Crippen LogP contribution in [-0.2, 0) is 10.0 Å². The van der Waals surface area contributed by atoms with Crippen molar-refractivity contribution >= 4 is 10.0 Å². The first-order chi connectivity index (χ1) is 12.8. The molecular formula is C20H24F3NO3S. The molecule has 0 radical (unpaired) electrons. The molecule has 154 valence electrons. The van der Waals surface area contributed by atoms with Gasteiger partial charge in [0, 0.05) is 0 Å². The van der Waals surface area contributed by atoms with E-state index >= 15 is 0 Å². The van der Waals surface area contributed by atoms with E-state index < -0.39 is 28.8 Å². The molecule has 0 fully saturated rings. The number of rotatable bonds is 6. The zero-order valence-electron chi connectivity index (χ0n) is 16.4. The van der Waals surface area contributed by atoms with Gasteiger partial charge in [-0.3, -0.25) is 0 Å². The van der Waals surface area contributed by atoms with Crippen LogP contribution in [0.3, 0.4) is 0 Å². The van der Waals surface area contributed by atoms with Gasteiger partial charge in [0.1, 0.15) is 12.4 Å². The second kappa shape index (κ2) is 8.13. The Hall–Kier alpha value is -2.06. The van der Waals surface area contributed by atoms with Crippen LogP contribution in [0.5, 0.6) is 5.75 Å². The van der Waals surface area contributed by atoms with Crippen LogP contribution in [0.4, 0.5) is 13.2 Å². The summed E-state index contributed by atoms with van der Waals surface area (Å²) in [6, 6.07) is 5.93. The van der Waals surface area contributed by atoms with E-state index in [1.54, 1.807) is 62.7 Å². The molecule has 0 aliphatic carbocycles. The summed E-state index contributed by atoms with van der Waals surface area (Å²) in [7, 11) is -4.39. The molecule has 0 spiro atoms. The molecule has 0 saturated heterocycles. The predicted molar refractivity (Wildman–Crippen MR) is 102 cm³/mol. The molecule has 2 aromatic rings. The Morgan fingerprint density at radius 2 is 1.46 bits per heavy atom. The van der Waals surface area contributed by atoms with Crippen molar-refractivity contribution in [1.82, 2.24) is 4.72 Å². The molecule has 0 aromatic heterocycles. The smallest absolute Gasteiger partial charge is 0.408 e. The number of halogens is 3. The fourth-order valence-corrected chi connectivity index (χ4v) is 4.83. The minimum absolute atomic E-state index is 0.140. The molecule has 0 bridgehead atoms. The lowest BCUT2D eigenvalue weighted by Gasteiger charge is -2.23. The normalized spacial score (nSPS) is 13.4. The van der Waals surface area contributed by atoms with Gasteiger partial charge < -0.3 is 4.74 Å². The van der Waals surface area contributed by atoms with Crippen LogP contribution in [0.15, 0.2) is 35.2 Å². The van der Waals surface area contributed by atoms with E-state index in [1.807, 2.05) is 6.92 Å². The molecule has 2 rings (SSSR count). The van der Waals surface area contributed by atoms with Crippen molar-refractivity contribution in [2.45, 2.75) is 51.7 Å². The summed E-state index contributed by atoms with van der Waals surface area (Å²) in [6.45, 7) is 7.62. The van der Waals surface area contributed by atoms with E-state index in [0.29, 0.717) is 16.7 Å². The van der Waals surface area contributed by atoms with Gasteiger partial charge in [-0.05, 0) is 57.4 Å². The number of hydrogen-bond acceptors (Lipinski definition) is 3. The van der Waals surface area contributed by atoms with E-state index in [9.17, 15) is 21.6 Å². The number of aryl methyl sites for hydroxylation is 5. The van der Waals surface area contributed by atoms with Crippen LogP contribution < -0.4 is 9.46 Å². The van der Waals surface area contributed by atoms with Gasteiger partial charge in [0.15, 0.2) is 6.04 Å². The molecule has 0 aliphatic rings. The number of nitrogens with one attached hydrogen (secondary N) is 1. The Kier molecular flexibility index (Phi) is 6.45. The molecule has 8 heteroatoms. The van der Waals surface area contributed by atoms with E-state index in [2.05, 4.69) is 0 Å². The molecule has 0 heterocycles. The number of hydrogen-bond donors (Lipinski definition) is 1. The number of sulfonamides is 1. The minimum Gasteiger partial charge on any atom is -0.491 e. The first kappa shape index (κ1) is 22.2. The Balaban J connectivity index is 2.29. The van der Waals surface area contributed by atoms with Crippen LogP contribution >= 0.6 is 0 Å². The van der Waals surface area contributed by atoms with Crippen LogP contribution in [-0.4, -0.2) is 27.2 Å². The second-order valence-electron chi connectivity index (χ2n) is 7.02. The van der Waals surface area contributed by atoms with Gasteiger partial charge in [-0.25, -0.2) is 8.42 Å². The van der Waals surface area contributed by atoms with Gasteiger partial charge in [-0.2, -0.15) is 17.9 Å². The van der Waals surface area contributed by atoms with Crippen molar-refractivity contribution in [2.75, 3.05) is 6.61 Å². The van der Waals surface area contributed by atoms with Crippen molar-refractivity contribution in [3.05, 3.63) is 58.1 Å². The highest BCUT2D eigenvalue weighted by molar-refractivity contribution is 7.89. The molecule has 0 aliphatic heterocycles. The Morgan fingerprint density at radius 1 is 0.929 bits per heavy atom. The maximum Gasteiger partial charge on any atom is 0.408 e. The molecule has 28 heavy (non-hydrogen) atoms. The van der Waals surface area contributed by atoms with E-state index in [4.69, 9.17) is 4.74 Å². The highest BCUT2D eigenvalue weighted by atomic mass is 32.2. The third kappa shape index (κ3) is 5.26. The standard InChI is InChI=1S/C20H24F3NO3S/c1-12-6-7-17(14(3)8-12)27-11-18(20(21,22)23)24-28(25,26)19-15(4)9-13(2)10-16(19)5/h6-10,18,24H,11H2,1-5H3. The number of alkyl halides is 3. The fraction of sp³-hybridized carbons (Fsp3) is 0.400. The summed E-state index contributed by atoms with van der Waals surface area (Å²) in [4.78, 5) is -0.140. The van der Waals surface area contributed by atoms with Crippen LogP contribution in [0.25, 0.3) is 0 Å². The Labute approximate surface area is 163 Å². The van der Waals surface area contributed by atoms with Gasteiger partial charge in [0.05, 0.1) is 4.90 Å². The van der Waals surface area contributed by atoms with Crippen LogP contribution in [0, 0.1) is 34.6 Å². The monoisotopic (exact) mass is 415 g/mol. The van der Waals surface area contributed by atoms with Crippen molar-refractivity contribution < 1.29 is 26.3 Å². The lowest BCUT2D eigenvalue weighted by molar-refractivity contribution is -0.157. The average Bonchev–Trinajstić information content (AvgIpc) is 2.50. The molecule has 1 unspecified atom stereocenters. The van der Waals surface area contributed by atoms with E-state index in [-0.39, 0.29) is 10.6 Å². The van der Waals surface area contributed by atoms with Gasteiger partial charge in [0.2, 0.25) is 10.0 Å². The van der Waals surface area contributed by atoms with Crippen LogP contribution in [0.2, 0.25) is 0 Å². The van der Waals surface area contributed by atoms with Crippen molar-refractivity contribution in [3.8, 4) is 5.75 Å². The molecule has 1 atom stereocenters. The summed E-state index contributed by atoms with van der Waals surface area (Å²) in [5.74, 6) is 0.279. The highest BCUT2D eigenvalue weighted by Gasteiger charge is 2.43. The third-order valence-electron chi connectivity index (χ3n) is 4.30. The molecule has 0 amide bonds. The molecule has 1 N–H and O–H groups in total. The minimum atomic E-state index is -4.81. The van der Waals surface area contributed by atoms with Crippen LogP contribution in [0.1, 0.15) is 27.8 Å². The molecule has 4 nitrogen and oxygen atoms in total. The highest BCUT2D eigenvalue weighted by Crippen LogP contribution is 2.27. The summed E-state index contributed by atoms with van der Waals surface area (Å²) in [6.07, 6.45) is -4.81. The quantitative estimate of drug-likeness (QED) is 0.755. The SMILES string of the molecule is Cc1ccc(OCC(NS(=O)(=O)c2c(C)cc(C)cc2C)C(F)(F)F)c(C)c1. The maximum atomic E-state index is 13.5. The van der Waals surface area contributed by atoms with Gasteiger partial charge in [-0.1, -0.05) is 35.4 Å². The zero-order valence-corrected chi connectivity index (χ0v) is 17.3. The van der Waals surface area contributed by atoms with E-state index in [0.717, 1.165) is 11.1 Å². The summed E-state index contributed by atoms with van der Waals surface area (Å²) >= 11 is 0. The first-order valence-electron chi connectivity index (χ1n) is 8.68. The summed E-state index contributed by atoms with van der Waals surface area (Å²) in [5, 5.41) is 0. The van der Waals surface area contributed by atoms with E-state index in [1.165, 1.54) is 0 Å². The van der Waals surface area contributed by atoms with Gasteiger partial charge in [-0.15, -0.1) is 0 Å². The maximum absolute atomic E-state index is 13.5. The van der Waals surface area contributed by atoms with Crippen molar-refractivity contribution in [1.29, 1.82) is 0 Å². The summed E-state index contributed by atoms with van der Waals surface area (Å²) in [5.41, 5.74) is 3.24. The fourth-order valence-electron chi connectivity index (χ4n) is 3.17. The average molecular weight is 415 g/mol. The largest absolute Gasteiger partial charge is 0.491 e. The lowest BCUT2D eigenvalue weighted by atomic mass is 10.1.